The van der Waals surface area contributed by atoms with Gasteiger partial charge in [-0.15, -0.1) is 21.5 Å². The van der Waals surface area contributed by atoms with Crippen molar-refractivity contribution >= 4 is 22.8 Å². The maximum absolute atomic E-state index is 10.9. The first-order chi connectivity index (χ1) is 13.7. The van der Waals surface area contributed by atoms with Crippen LogP contribution in [0.1, 0.15) is 5.69 Å². The third-order valence-corrected chi connectivity index (χ3v) is 5.05. The van der Waals surface area contributed by atoms with Crippen molar-refractivity contribution in [2.75, 3.05) is 11.9 Å². The van der Waals surface area contributed by atoms with Crippen LogP contribution >= 0.6 is 11.3 Å². The van der Waals surface area contributed by atoms with Crippen LogP contribution in [-0.2, 0) is 6.42 Å². The van der Waals surface area contributed by atoms with Gasteiger partial charge >= 0.3 is 0 Å². The predicted octanol–water partition coefficient (Wildman–Crippen LogP) is 4.16. The van der Waals surface area contributed by atoms with E-state index in [1.807, 2.05) is 17.5 Å². The Hall–Kier alpha value is -3.59. The third-order valence-electron chi connectivity index (χ3n) is 4.17. The van der Waals surface area contributed by atoms with E-state index in [0.717, 1.165) is 22.7 Å². The van der Waals surface area contributed by atoms with Gasteiger partial charge in [0, 0.05) is 36.4 Å². The smallest absolute Gasteiger partial charge is 0.270 e. The first-order valence-electron chi connectivity index (χ1n) is 8.59. The minimum absolute atomic E-state index is 0.0302. The highest BCUT2D eigenvalue weighted by Crippen LogP contribution is 2.25. The highest BCUT2D eigenvalue weighted by Gasteiger charge is 2.10. The molecular formula is C19H16N6O2S. The Labute approximate surface area is 164 Å². The molecule has 28 heavy (non-hydrogen) atoms. The van der Waals surface area contributed by atoms with Crippen LogP contribution in [-0.4, -0.2) is 31.6 Å². The number of aromatic nitrogens is 4. The van der Waals surface area contributed by atoms with Crippen LogP contribution in [0.15, 0.2) is 60.2 Å². The fraction of sp³-hybridized carbons (Fsp3) is 0.105. The molecule has 0 aliphatic heterocycles. The monoisotopic (exact) mass is 392 g/mol. The summed E-state index contributed by atoms with van der Waals surface area (Å²) in [6.07, 6.45) is 2.47. The second-order valence-electron chi connectivity index (χ2n) is 6.00. The molecule has 0 amide bonds. The lowest BCUT2D eigenvalue weighted by Gasteiger charge is -2.06. The van der Waals surface area contributed by atoms with Crippen molar-refractivity contribution in [1.82, 2.24) is 20.2 Å². The van der Waals surface area contributed by atoms with Crippen molar-refractivity contribution in [3.8, 4) is 21.8 Å². The van der Waals surface area contributed by atoms with Gasteiger partial charge in [-0.25, -0.2) is 4.98 Å². The van der Waals surface area contributed by atoms with Gasteiger partial charge in [-0.2, -0.15) is 0 Å². The first kappa shape index (κ1) is 17.8. The molecule has 9 heteroatoms. The van der Waals surface area contributed by atoms with Crippen molar-refractivity contribution in [1.29, 1.82) is 0 Å². The fourth-order valence-electron chi connectivity index (χ4n) is 2.81. The SMILES string of the molecule is O=[N+]([O-])c1cccc(-c2ccc(NCCc3[nH]cnc3-c3cccs3)nn2)c1. The van der Waals surface area contributed by atoms with E-state index in [1.165, 1.54) is 12.1 Å². The summed E-state index contributed by atoms with van der Waals surface area (Å²) in [5, 5.41) is 24.5. The summed E-state index contributed by atoms with van der Waals surface area (Å²) in [5.74, 6) is 0.645. The van der Waals surface area contributed by atoms with Crippen molar-refractivity contribution in [2.45, 2.75) is 6.42 Å². The molecule has 3 heterocycles. The molecule has 0 fully saturated rings. The van der Waals surface area contributed by atoms with Crippen LogP contribution in [0, 0.1) is 10.1 Å². The van der Waals surface area contributed by atoms with E-state index < -0.39 is 4.92 Å². The Morgan fingerprint density at radius 2 is 2.07 bits per heavy atom. The predicted molar refractivity (Wildman–Crippen MR) is 108 cm³/mol. The number of nitrogens with one attached hydrogen (secondary N) is 2. The molecule has 0 spiro atoms. The number of nitrogens with zero attached hydrogens (tertiary/aromatic N) is 4. The largest absolute Gasteiger partial charge is 0.368 e. The number of imidazole rings is 1. The maximum atomic E-state index is 10.9. The van der Waals surface area contributed by atoms with Crippen LogP contribution in [0.4, 0.5) is 11.5 Å². The Morgan fingerprint density at radius 1 is 1.14 bits per heavy atom. The number of rotatable bonds is 7. The molecule has 3 aromatic heterocycles. The molecule has 4 aromatic rings. The quantitative estimate of drug-likeness (QED) is 0.361. The van der Waals surface area contributed by atoms with Crippen LogP contribution in [0.5, 0.6) is 0 Å². The summed E-state index contributed by atoms with van der Waals surface area (Å²) in [5.41, 5.74) is 3.32. The number of H-pyrrole nitrogens is 1. The molecule has 0 atom stereocenters. The van der Waals surface area contributed by atoms with Gasteiger partial charge in [-0.05, 0) is 23.6 Å². The number of anilines is 1. The molecule has 0 unspecified atom stereocenters. The third kappa shape index (κ3) is 3.89. The summed E-state index contributed by atoms with van der Waals surface area (Å²) in [7, 11) is 0. The zero-order chi connectivity index (χ0) is 19.3. The van der Waals surface area contributed by atoms with Crippen molar-refractivity contribution in [3.63, 3.8) is 0 Å². The Morgan fingerprint density at radius 3 is 2.82 bits per heavy atom. The minimum atomic E-state index is -0.424. The minimum Gasteiger partial charge on any atom is -0.368 e. The van der Waals surface area contributed by atoms with E-state index in [0.29, 0.717) is 23.6 Å². The Kier molecular flexibility index (Phi) is 5.07. The number of nitro groups is 1. The molecular weight excluding hydrogens is 376 g/mol. The van der Waals surface area contributed by atoms with Crippen LogP contribution in [0.25, 0.3) is 21.8 Å². The average Bonchev–Trinajstić information content (AvgIpc) is 3.40. The molecule has 0 saturated heterocycles. The lowest BCUT2D eigenvalue weighted by Crippen LogP contribution is -2.07. The van der Waals surface area contributed by atoms with Crippen molar-refractivity contribution in [3.05, 3.63) is 76.0 Å². The van der Waals surface area contributed by atoms with E-state index in [1.54, 1.807) is 35.9 Å². The summed E-state index contributed by atoms with van der Waals surface area (Å²) >= 11 is 1.66. The number of hydrogen-bond donors (Lipinski definition) is 2. The topological polar surface area (TPSA) is 110 Å². The zero-order valence-corrected chi connectivity index (χ0v) is 15.5. The molecule has 2 N–H and O–H groups in total. The highest BCUT2D eigenvalue weighted by atomic mass is 32.1. The van der Waals surface area contributed by atoms with E-state index in [4.69, 9.17) is 0 Å². The average molecular weight is 392 g/mol. The van der Waals surface area contributed by atoms with Gasteiger partial charge in [0.1, 0.15) is 11.5 Å². The number of thiophene rings is 1. The van der Waals surface area contributed by atoms with E-state index in [9.17, 15) is 10.1 Å². The van der Waals surface area contributed by atoms with Gasteiger partial charge in [-0.3, -0.25) is 10.1 Å². The second kappa shape index (κ2) is 7.97. The number of nitro benzene ring substituents is 1. The van der Waals surface area contributed by atoms with Crippen molar-refractivity contribution < 1.29 is 4.92 Å². The molecule has 8 nitrogen and oxygen atoms in total. The van der Waals surface area contributed by atoms with E-state index >= 15 is 0 Å². The second-order valence-corrected chi connectivity index (χ2v) is 6.94. The van der Waals surface area contributed by atoms with E-state index in [2.05, 4.69) is 31.5 Å². The molecule has 0 bridgehead atoms. The van der Waals surface area contributed by atoms with Crippen molar-refractivity contribution in [2.24, 2.45) is 0 Å². The van der Waals surface area contributed by atoms with Crippen LogP contribution in [0.2, 0.25) is 0 Å². The maximum Gasteiger partial charge on any atom is 0.270 e. The first-order valence-corrected chi connectivity index (χ1v) is 9.47. The normalized spacial score (nSPS) is 10.7. The molecule has 140 valence electrons. The number of benzene rings is 1. The molecule has 0 aliphatic rings. The highest BCUT2D eigenvalue weighted by molar-refractivity contribution is 7.13. The zero-order valence-electron chi connectivity index (χ0n) is 14.7. The molecule has 0 aliphatic carbocycles. The number of aromatic amines is 1. The Bertz CT molecular complexity index is 1080. The van der Waals surface area contributed by atoms with Gasteiger partial charge in [0.15, 0.2) is 0 Å². The Balaban J connectivity index is 1.39. The summed E-state index contributed by atoms with van der Waals surface area (Å²) < 4.78 is 0. The summed E-state index contributed by atoms with van der Waals surface area (Å²) in [6, 6.07) is 14.0. The fourth-order valence-corrected chi connectivity index (χ4v) is 3.56. The van der Waals surface area contributed by atoms with E-state index in [-0.39, 0.29) is 5.69 Å². The van der Waals surface area contributed by atoms with Gasteiger partial charge < -0.3 is 10.3 Å². The molecule has 4 rings (SSSR count). The van der Waals surface area contributed by atoms with Gasteiger partial charge in [0.25, 0.3) is 5.69 Å². The lowest BCUT2D eigenvalue weighted by atomic mass is 10.1. The molecule has 0 radical (unpaired) electrons. The van der Waals surface area contributed by atoms with Gasteiger partial charge in [0.05, 0.1) is 21.8 Å². The number of hydrogen-bond acceptors (Lipinski definition) is 7. The van der Waals surface area contributed by atoms with Gasteiger partial charge in [0.2, 0.25) is 0 Å². The summed E-state index contributed by atoms with van der Waals surface area (Å²) in [4.78, 5) is 19.2. The number of non-ortho nitro benzene ring substituents is 1. The standard InChI is InChI=1S/C19H16N6O2S/c26-25(27)14-4-1-3-13(11-14)15-6-7-18(24-23-15)20-9-8-16-19(22-12-21-16)17-5-2-10-28-17/h1-7,10-12H,8-9H2,(H,20,24)(H,21,22). The molecule has 0 saturated carbocycles. The lowest BCUT2D eigenvalue weighted by molar-refractivity contribution is -0.384. The molecule has 1 aromatic carbocycles. The summed E-state index contributed by atoms with van der Waals surface area (Å²) in [6.45, 7) is 0.672. The van der Waals surface area contributed by atoms with Gasteiger partial charge in [-0.1, -0.05) is 18.2 Å². The van der Waals surface area contributed by atoms with Crippen LogP contribution < -0.4 is 5.32 Å². The van der Waals surface area contributed by atoms with Crippen LogP contribution in [0.3, 0.4) is 0 Å².